The van der Waals surface area contributed by atoms with Gasteiger partial charge in [-0.1, -0.05) is 182 Å². The van der Waals surface area contributed by atoms with Crippen molar-refractivity contribution in [2.45, 2.75) is 0 Å². The van der Waals surface area contributed by atoms with E-state index >= 15 is 17.6 Å². The lowest BCUT2D eigenvalue weighted by molar-refractivity contribution is 0.511. The van der Waals surface area contributed by atoms with E-state index in [1.54, 1.807) is 36.4 Å². The summed E-state index contributed by atoms with van der Waals surface area (Å²) in [6.45, 7) is 0. The van der Waals surface area contributed by atoms with Crippen LogP contribution in [0.1, 0.15) is 0 Å². The molecular weight excluding hydrogens is 873 g/mol. The maximum atomic E-state index is 16.1. The minimum Gasteiger partial charge on any atom is -0.310 e. The smallest absolute Gasteiger partial charge is 0.166 e. The highest BCUT2D eigenvalue weighted by atomic mass is 19.2. The number of halogens is 4. The molecule has 0 aliphatic heterocycles. The molecule has 0 fully saturated rings. The molecular formula is C64H40F4N2. The van der Waals surface area contributed by atoms with E-state index < -0.39 is 23.3 Å². The number of rotatable bonds is 10. The second-order valence-electron chi connectivity index (χ2n) is 17.4. The van der Waals surface area contributed by atoms with Crippen LogP contribution in [0, 0.1) is 23.3 Å². The normalized spacial score (nSPS) is 11.4. The summed E-state index contributed by atoms with van der Waals surface area (Å²) >= 11 is 0. The Morgan fingerprint density at radius 3 is 0.929 bits per heavy atom. The topological polar surface area (TPSA) is 6.48 Å². The van der Waals surface area contributed by atoms with Crippen LogP contribution in [0.25, 0.3) is 76.8 Å². The average Bonchev–Trinajstić information content (AvgIpc) is 3.42. The molecule has 12 rings (SSSR count). The first kappa shape index (κ1) is 42.4. The summed E-state index contributed by atoms with van der Waals surface area (Å²) in [6, 6.07) is 76.9. The third kappa shape index (κ3) is 7.47. The Kier molecular flexibility index (Phi) is 10.6. The van der Waals surface area contributed by atoms with Gasteiger partial charge in [-0.3, -0.25) is 0 Å². The van der Waals surface area contributed by atoms with Gasteiger partial charge < -0.3 is 9.80 Å². The molecule has 6 heteroatoms. The molecule has 0 spiro atoms. The van der Waals surface area contributed by atoms with E-state index in [2.05, 4.69) is 60.7 Å². The first-order chi connectivity index (χ1) is 34.4. The summed E-state index contributed by atoms with van der Waals surface area (Å²) in [7, 11) is 0. The maximum Gasteiger partial charge on any atom is 0.166 e. The Hall–Kier alpha value is -9.00. The van der Waals surface area contributed by atoms with Crippen LogP contribution in [0.4, 0.5) is 51.7 Å². The summed E-state index contributed by atoms with van der Waals surface area (Å²) in [5, 5.41) is 5.62. The molecule has 12 aromatic rings. The fourth-order valence-electron chi connectivity index (χ4n) is 9.95. The third-order valence-corrected chi connectivity index (χ3v) is 13.3. The molecule has 0 unspecified atom stereocenters. The molecule has 0 heterocycles. The molecule has 12 aromatic carbocycles. The van der Waals surface area contributed by atoms with Crippen molar-refractivity contribution in [1.29, 1.82) is 0 Å². The van der Waals surface area contributed by atoms with Crippen LogP contribution >= 0.6 is 0 Å². The quantitative estimate of drug-likeness (QED) is 0.0996. The summed E-state index contributed by atoms with van der Waals surface area (Å²) in [4.78, 5) is 3.98. The van der Waals surface area contributed by atoms with Crippen molar-refractivity contribution < 1.29 is 17.6 Å². The zero-order valence-corrected chi connectivity index (χ0v) is 37.5. The minimum atomic E-state index is -0.964. The SMILES string of the molecule is Fc1cc(N(c2ccc(-c3ccccc3)cc2)c2ccc3ccc4c(N(c5ccc(-c6ccccc6)cc5)c5cc(F)c(F)c(-c6ccccc6)c5)ccc5ccc2c3c54)cc(-c2ccccc2)c1F. The van der Waals surface area contributed by atoms with Crippen LogP contribution in [0.15, 0.2) is 243 Å². The largest absolute Gasteiger partial charge is 0.310 e. The van der Waals surface area contributed by atoms with Crippen molar-refractivity contribution in [3.8, 4) is 44.5 Å². The van der Waals surface area contributed by atoms with E-state index in [4.69, 9.17) is 0 Å². The molecule has 0 aromatic heterocycles. The molecule has 0 aliphatic carbocycles. The van der Waals surface area contributed by atoms with Gasteiger partial charge in [0.1, 0.15) is 0 Å². The standard InChI is InChI=1S/C64H40F4N2/c65-57-39-51(37-55(63(57)67)45-17-9-3-10-18-45)69(49-29-21-43(22-30-49)41-13-5-1-6-14-41)59-35-27-47-26-34-54-60(36-28-48-25-33-53(59)61(47)62(48)54)70(50-31-23-44(24-32-50)42-15-7-2-8-16-42)52-38-56(64(68)58(66)40-52)46-19-11-4-12-20-46/h1-40H. The summed E-state index contributed by atoms with van der Waals surface area (Å²) < 4.78 is 63.9. The lowest BCUT2D eigenvalue weighted by Crippen LogP contribution is -2.12. The number of hydrogen-bond acceptors (Lipinski definition) is 2. The fourth-order valence-corrected chi connectivity index (χ4v) is 9.95. The lowest BCUT2D eigenvalue weighted by atomic mass is 9.91. The van der Waals surface area contributed by atoms with Gasteiger partial charge in [-0.25, -0.2) is 17.6 Å². The number of anilines is 6. The molecule has 0 radical (unpaired) electrons. The van der Waals surface area contributed by atoms with Crippen molar-refractivity contribution in [3.05, 3.63) is 266 Å². The second-order valence-corrected chi connectivity index (χ2v) is 17.4. The van der Waals surface area contributed by atoms with Crippen LogP contribution in [-0.4, -0.2) is 0 Å². The molecule has 0 N–H and O–H groups in total. The van der Waals surface area contributed by atoms with E-state index in [9.17, 15) is 0 Å². The van der Waals surface area contributed by atoms with Crippen molar-refractivity contribution in [1.82, 2.24) is 0 Å². The van der Waals surface area contributed by atoms with Gasteiger partial charge in [0.15, 0.2) is 23.3 Å². The first-order valence-corrected chi connectivity index (χ1v) is 23.1. The summed E-state index contributed by atoms with van der Waals surface area (Å²) in [6.07, 6.45) is 0. The van der Waals surface area contributed by atoms with Crippen molar-refractivity contribution >= 4 is 66.4 Å². The molecule has 334 valence electrons. The van der Waals surface area contributed by atoms with Gasteiger partial charge in [-0.05, 0) is 103 Å². The Labute approximate surface area is 402 Å². The van der Waals surface area contributed by atoms with Crippen molar-refractivity contribution in [3.63, 3.8) is 0 Å². The molecule has 0 amide bonds. The highest BCUT2D eigenvalue weighted by molar-refractivity contribution is 6.28. The molecule has 0 saturated carbocycles. The zero-order chi connectivity index (χ0) is 47.3. The van der Waals surface area contributed by atoms with E-state index in [1.807, 2.05) is 143 Å². The number of hydrogen-bond donors (Lipinski definition) is 0. The van der Waals surface area contributed by atoms with Gasteiger partial charge in [-0.2, -0.15) is 0 Å². The van der Waals surface area contributed by atoms with Gasteiger partial charge in [0.25, 0.3) is 0 Å². The van der Waals surface area contributed by atoms with Gasteiger partial charge in [0, 0.05) is 56.8 Å². The predicted molar refractivity (Wildman–Crippen MR) is 281 cm³/mol. The second kappa shape index (κ2) is 17.6. The van der Waals surface area contributed by atoms with E-state index in [0.717, 1.165) is 77.3 Å². The van der Waals surface area contributed by atoms with Crippen LogP contribution < -0.4 is 9.80 Å². The van der Waals surface area contributed by atoms with Gasteiger partial charge >= 0.3 is 0 Å². The Morgan fingerprint density at radius 1 is 0.257 bits per heavy atom. The summed E-state index contributed by atoms with van der Waals surface area (Å²) in [5.74, 6) is -3.77. The van der Waals surface area contributed by atoms with E-state index in [0.29, 0.717) is 22.5 Å². The maximum absolute atomic E-state index is 16.1. The van der Waals surface area contributed by atoms with Crippen LogP contribution in [0.5, 0.6) is 0 Å². The predicted octanol–water partition coefficient (Wildman–Crippen LogP) is 18.7. The van der Waals surface area contributed by atoms with Gasteiger partial charge in [-0.15, -0.1) is 0 Å². The molecule has 0 aliphatic rings. The van der Waals surface area contributed by atoms with E-state index in [-0.39, 0.29) is 11.1 Å². The molecule has 0 bridgehead atoms. The van der Waals surface area contributed by atoms with Crippen LogP contribution in [0.2, 0.25) is 0 Å². The average molecular weight is 913 g/mol. The molecule has 0 atom stereocenters. The van der Waals surface area contributed by atoms with Crippen molar-refractivity contribution in [2.75, 3.05) is 9.80 Å². The molecule has 2 nitrogen and oxygen atoms in total. The summed E-state index contributed by atoms with van der Waals surface area (Å²) in [5.41, 5.74) is 9.43. The molecule has 70 heavy (non-hydrogen) atoms. The third-order valence-electron chi connectivity index (χ3n) is 13.3. The number of benzene rings is 12. The van der Waals surface area contributed by atoms with Crippen molar-refractivity contribution in [2.24, 2.45) is 0 Å². The molecule has 0 saturated heterocycles. The number of nitrogens with zero attached hydrogens (tertiary/aromatic N) is 2. The lowest BCUT2D eigenvalue weighted by Gasteiger charge is -2.30. The highest BCUT2D eigenvalue weighted by Crippen LogP contribution is 2.49. The van der Waals surface area contributed by atoms with E-state index in [1.165, 1.54) is 12.1 Å². The monoisotopic (exact) mass is 912 g/mol. The Balaban J connectivity index is 1.08. The zero-order valence-electron chi connectivity index (χ0n) is 37.5. The Morgan fingerprint density at radius 2 is 0.571 bits per heavy atom. The highest BCUT2D eigenvalue weighted by Gasteiger charge is 2.25. The van der Waals surface area contributed by atoms with Crippen LogP contribution in [0.3, 0.4) is 0 Å². The minimum absolute atomic E-state index is 0.147. The Bertz CT molecular complexity index is 3590. The fraction of sp³-hybridized carbons (Fsp3) is 0. The first-order valence-electron chi connectivity index (χ1n) is 23.1. The van der Waals surface area contributed by atoms with Crippen LogP contribution in [-0.2, 0) is 0 Å². The van der Waals surface area contributed by atoms with Gasteiger partial charge in [0.2, 0.25) is 0 Å². The van der Waals surface area contributed by atoms with Gasteiger partial charge in [0.05, 0.1) is 11.4 Å².